The van der Waals surface area contributed by atoms with Crippen molar-refractivity contribution in [2.45, 2.75) is 0 Å². The van der Waals surface area contributed by atoms with E-state index in [9.17, 15) is 4.79 Å². The Morgan fingerprint density at radius 3 is 3.00 bits per heavy atom. The van der Waals surface area contributed by atoms with Crippen LogP contribution in [0.15, 0.2) is 11.6 Å². The molecule has 0 aliphatic carbocycles. The summed E-state index contributed by atoms with van der Waals surface area (Å²) in [7, 11) is 1.68. The van der Waals surface area contributed by atoms with Gasteiger partial charge in [-0.3, -0.25) is 9.48 Å². The molecule has 17 heavy (non-hydrogen) atoms. The van der Waals surface area contributed by atoms with Gasteiger partial charge in [0.1, 0.15) is 10.8 Å². The van der Waals surface area contributed by atoms with Crippen LogP contribution in [0.1, 0.15) is 16.1 Å². The molecule has 0 atom stereocenters. The number of carbonyl (C=O) groups excluding carboxylic acids is 1. The fourth-order valence-electron chi connectivity index (χ4n) is 1.20. The molecule has 7 nitrogen and oxygen atoms in total. The Labute approximate surface area is 106 Å². The normalized spacial score (nSPS) is 10.2. The molecule has 3 N–H and O–H groups in total. The molecule has 0 saturated heterocycles. The van der Waals surface area contributed by atoms with Crippen LogP contribution in [0, 0.1) is 0 Å². The van der Waals surface area contributed by atoms with Crippen LogP contribution in [0.4, 0.5) is 5.82 Å². The Kier molecular flexibility index (Phi) is 3.11. The minimum Gasteiger partial charge on any atom is -0.389 e. The van der Waals surface area contributed by atoms with Gasteiger partial charge < -0.3 is 11.1 Å². The van der Waals surface area contributed by atoms with E-state index in [1.807, 2.05) is 0 Å². The highest BCUT2D eigenvalue weighted by Crippen LogP contribution is 2.14. The highest BCUT2D eigenvalue weighted by molar-refractivity contribution is 7.80. The van der Waals surface area contributed by atoms with E-state index in [0.29, 0.717) is 11.4 Å². The van der Waals surface area contributed by atoms with Gasteiger partial charge in [0, 0.05) is 12.4 Å². The topological polar surface area (TPSA) is 98.7 Å². The van der Waals surface area contributed by atoms with Crippen molar-refractivity contribution < 1.29 is 4.79 Å². The van der Waals surface area contributed by atoms with Gasteiger partial charge in [0.2, 0.25) is 0 Å². The quantitative estimate of drug-likeness (QED) is 0.769. The first-order valence-corrected chi connectivity index (χ1v) is 5.74. The maximum absolute atomic E-state index is 11.8. The third kappa shape index (κ3) is 2.29. The lowest BCUT2D eigenvalue weighted by Crippen LogP contribution is -2.19. The highest BCUT2D eigenvalue weighted by Gasteiger charge is 2.16. The molecule has 2 rings (SSSR count). The standard InChI is InChI=1S/C8H8N6OS2/c1-14-7(4(2-10-14)6(9)16)11-8(15)5-3-17-13-12-5/h2-3H,1H3,(H2,9,16)(H,11,15). The van der Waals surface area contributed by atoms with Crippen molar-refractivity contribution in [2.75, 3.05) is 5.32 Å². The lowest BCUT2D eigenvalue weighted by molar-refractivity contribution is 0.102. The van der Waals surface area contributed by atoms with Crippen LogP contribution < -0.4 is 11.1 Å². The van der Waals surface area contributed by atoms with Crippen molar-refractivity contribution >= 4 is 40.5 Å². The first-order chi connectivity index (χ1) is 8.09. The number of nitrogens with zero attached hydrogens (tertiary/aromatic N) is 4. The van der Waals surface area contributed by atoms with Crippen LogP contribution in [0.2, 0.25) is 0 Å². The van der Waals surface area contributed by atoms with Crippen LogP contribution in [-0.2, 0) is 7.05 Å². The number of hydrogen-bond acceptors (Lipinski definition) is 6. The molecule has 2 heterocycles. The average Bonchev–Trinajstić information content (AvgIpc) is 2.89. The van der Waals surface area contributed by atoms with E-state index in [4.69, 9.17) is 18.0 Å². The number of aryl methyl sites for hydroxylation is 1. The monoisotopic (exact) mass is 268 g/mol. The third-order valence-corrected chi connectivity index (χ3v) is 2.75. The van der Waals surface area contributed by atoms with Gasteiger partial charge >= 0.3 is 0 Å². The first kappa shape index (κ1) is 11.6. The summed E-state index contributed by atoms with van der Waals surface area (Å²) in [4.78, 5) is 11.9. The molecule has 2 aromatic rings. The first-order valence-electron chi connectivity index (χ1n) is 4.50. The van der Waals surface area contributed by atoms with E-state index in [2.05, 4.69) is 20.0 Å². The summed E-state index contributed by atoms with van der Waals surface area (Å²) in [5.41, 5.74) is 6.28. The van der Waals surface area contributed by atoms with E-state index in [-0.39, 0.29) is 16.6 Å². The van der Waals surface area contributed by atoms with Crippen LogP contribution in [0.3, 0.4) is 0 Å². The molecule has 0 fully saturated rings. The number of thiocarbonyl (C=S) groups is 1. The van der Waals surface area contributed by atoms with Crippen LogP contribution in [0.25, 0.3) is 0 Å². The van der Waals surface area contributed by atoms with E-state index >= 15 is 0 Å². The van der Waals surface area contributed by atoms with Gasteiger partial charge in [-0.1, -0.05) is 16.7 Å². The molecular formula is C8H8N6OS2. The fraction of sp³-hybridized carbons (Fsp3) is 0.125. The van der Waals surface area contributed by atoms with E-state index < -0.39 is 0 Å². The van der Waals surface area contributed by atoms with Gasteiger partial charge in [-0.15, -0.1) is 5.10 Å². The summed E-state index contributed by atoms with van der Waals surface area (Å²) in [6, 6.07) is 0. The number of hydrogen-bond donors (Lipinski definition) is 2. The van der Waals surface area contributed by atoms with Gasteiger partial charge in [-0.05, 0) is 11.5 Å². The number of carbonyl (C=O) groups is 1. The van der Waals surface area contributed by atoms with Crippen molar-refractivity contribution in [1.29, 1.82) is 0 Å². The molecule has 0 bridgehead atoms. The maximum Gasteiger partial charge on any atom is 0.278 e. The summed E-state index contributed by atoms with van der Waals surface area (Å²) in [5.74, 6) is 0.0651. The molecule has 1 amide bonds. The van der Waals surface area contributed by atoms with Gasteiger partial charge in [0.15, 0.2) is 5.69 Å². The number of amides is 1. The van der Waals surface area contributed by atoms with E-state index in [1.54, 1.807) is 12.4 Å². The predicted molar refractivity (Wildman–Crippen MR) is 67.0 cm³/mol. The van der Waals surface area contributed by atoms with Crippen molar-refractivity contribution in [2.24, 2.45) is 12.8 Å². The Morgan fingerprint density at radius 2 is 2.41 bits per heavy atom. The zero-order chi connectivity index (χ0) is 12.4. The second kappa shape index (κ2) is 4.55. The van der Waals surface area contributed by atoms with Crippen LogP contribution >= 0.6 is 23.8 Å². The highest BCUT2D eigenvalue weighted by atomic mass is 32.1. The zero-order valence-corrected chi connectivity index (χ0v) is 10.4. The zero-order valence-electron chi connectivity index (χ0n) is 8.75. The number of rotatable bonds is 3. The second-order valence-corrected chi connectivity index (χ2v) is 4.19. The Bertz CT molecular complexity index is 561. The molecule has 88 valence electrons. The van der Waals surface area contributed by atoms with Crippen molar-refractivity contribution in [1.82, 2.24) is 19.4 Å². The molecule has 0 radical (unpaired) electrons. The molecule has 0 unspecified atom stereocenters. The second-order valence-electron chi connectivity index (χ2n) is 3.14. The molecule has 9 heteroatoms. The smallest absolute Gasteiger partial charge is 0.278 e. The summed E-state index contributed by atoms with van der Waals surface area (Å²) < 4.78 is 5.09. The lowest BCUT2D eigenvalue weighted by atomic mass is 10.3. The summed E-state index contributed by atoms with van der Waals surface area (Å²) >= 11 is 5.96. The van der Waals surface area contributed by atoms with Crippen molar-refractivity contribution in [3.63, 3.8) is 0 Å². The van der Waals surface area contributed by atoms with Crippen molar-refractivity contribution in [3.05, 3.63) is 22.8 Å². The summed E-state index contributed by atoms with van der Waals surface area (Å²) in [6.45, 7) is 0. The molecule has 0 spiro atoms. The predicted octanol–water partition coefficient (Wildman–Crippen LogP) is 0.158. The molecule has 2 aromatic heterocycles. The number of nitrogens with two attached hydrogens (primary N) is 1. The summed E-state index contributed by atoms with van der Waals surface area (Å²) in [5, 5.41) is 11.8. The van der Waals surface area contributed by atoms with Gasteiger partial charge in [0.25, 0.3) is 5.91 Å². The number of anilines is 1. The Hall–Kier alpha value is -1.87. The molecule has 0 aliphatic rings. The largest absolute Gasteiger partial charge is 0.389 e. The molecule has 0 saturated carbocycles. The lowest BCUT2D eigenvalue weighted by Gasteiger charge is -2.05. The maximum atomic E-state index is 11.8. The van der Waals surface area contributed by atoms with Crippen LogP contribution in [0.5, 0.6) is 0 Å². The average molecular weight is 268 g/mol. The third-order valence-electron chi connectivity index (χ3n) is 2.03. The minimum absolute atomic E-state index is 0.171. The van der Waals surface area contributed by atoms with Crippen molar-refractivity contribution in [3.8, 4) is 0 Å². The Balaban J connectivity index is 2.27. The van der Waals surface area contributed by atoms with Crippen LogP contribution in [-0.4, -0.2) is 30.3 Å². The molecule has 0 aromatic carbocycles. The van der Waals surface area contributed by atoms with Gasteiger partial charge in [-0.2, -0.15) is 5.10 Å². The van der Waals surface area contributed by atoms with Gasteiger partial charge in [-0.25, -0.2) is 0 Å². The number of aromatic nitrogens is 4. The molecule has 0 aliphatic heterocycles. The van der Waals surface area contributed by atoms with E-state index in [0.717, 1.165) is 11.5 Å². The number of nitrogens with one attached hydrogen (secondary N) is 1. The van der Waals surface area contributed by atoms with E-state index in [1.165, 1.54) is 10.9 Å². The fourth-order valence-corrected chi connectivity index (χ4v) is 1.79. The minimum atomic E-state index is -0.375. The molecular weight excluding hydrogens is 260 g/mol. The Morgan fingerprint density at radius 1 is 1.65 bits per heavy atom. The summed E-state index contributed by atoms with van der Waals surface area (Å²) in [6.07, 6.45) is 1.50. The SMILES string of the molecule is Cn1ncc(C(N)=S)c1NC(=O)c1csnn1. The van der Waals surface area contributed by atoms with Gasteiger partial charge in [0.05, 0.1) is 11.8 Å².